The summed E-state index contributed by atoms with van der Waals surface area (Å²) >= 11 is 0. The summed E-state index contributed by atoms with van der Waals surface area (Å²) in [6, 6.07) is 19.0. The number of esters is 1. The van der Waals surface area contributed by atoms with Gasteiger partial charge in [-0.3, -0.25) is 0 Å². The minimum atomic E-state index is -0.276. The molecule has 2 nitrogen and oxygen atoms in total. The van der Waals surface area contributed by atoms with Gasteiger partial charge in [0.2, 0.25) is 0 Å². The van der Waals surface area contributed by atoms with Crippen LogP contribution in [0.4, 0.5) is 0 Å². The van der Waals surface area contributed by atoms with Crippen LogP contribution in [0.5, 0.6) is 5.75 Å². The lowest BCUT2D eigenvalue weighted by molar-refractivity contribution is -0.130. The second-order valence-electron chi connectivity index (χ2n) is 4.53. The second-order valence-corrected chi connectivity index (χ2v) is 4.53. The molecule has 2 aromatic rings. The van der Waals surface area contributed by atoms with Crippen LogP contribution in [0.1, 0.15) is 25.3 Å². The van der Waals surface area contributed by atoms with Crippen molar-refractivity contribution in [3.05, 3.63) is 71.8 Å². The average molecular weight is 266 g/mol. The summed E-state index contributed by atoms with van der Waals surface area (Å²) in [5, 5.41) is 0. The standard InChI is InChI=1S/C18H18O2/c1-2-9-16(14-15-10-5-3-6-11-15)18(19)20-17-12-7-4-8-13-17/h3-8,10-14H,2,9H2,1H3. The molecule has 0 fully saturated rings. The van der Waals surface area contributed by atoms with E-state index in [4.69, 9.17) is 4.74 Å². The van der Waals surface area contributed by atoms with Crippen molar-refractivity contribution < 1.29 is 9.53 Å². The molecule has 0 aliphatic carbocycles. The van der Waals surface area contributed by atoms with E-state index < -0.39 is 0 Å². The highest BCUT2D eigenvalue weighted by molar-refractivity contribution is 5.95. The summed E-state index contributed by atoms with van der Waals surface area (Å²) in [4.78, 5) is 12.2. The molecule has 0 heterocycles. The summed E-state index contributed by atoms with van der Waals surface area (Å²) in [7, 11) is 0. The lowest BCUT2D eigenvalue weighted by Gasteiger charge is -2.07. The van der Waals surface area contributed by atoms with E-state index in [0.29, 0.717) is 17.7 Å². The Kier molecular flexibility index (Phi) is 5.13. The summed E-state index contributed by atoms with van der Waals surface area (Å²) in [5.74, 6) is 0.300. The molecule has 102 valence electrons. The minimum Gasteiger partial charge on any atom is -0.423 e. The van der Waals surface area contributed by atoms with Crippen LogP contribution in [0.25, 0.3) is 6.08 Å². The van der Waals surface area contributed by atoms with Gasteiger partial charge < -0.3 is 4.74 Å². The Hall–Kier alpha value is -2.35. The molecule has 0 atom stereocenters. The van der Waals surface area contributed by atoms with Crippen molar-refractivity contribution in [1.29, 1.82) is 0 Å². The molecular formula is C18H18O2. The number of ether oxygens (including phenoxy) is 1. The molecule has 0 N–H and O–H groups in total. The molecule has 0 saturated heterocycles. The van der Waals surface area contributed by atoms with Gasteiger partial charge in [0.1, 0.15) is 5.75 Å². The van der Waals surface area contributed by atoms with Gasteiger partial charge in [0.25, 0.3) is 0 Å². The van der Waals surface area contributed by atoms with Crippen molar-refractivity contribution in [2.75, 3.05) is 0 Å². The normalized spacial score (nSPS) is 11.2. The van der Waals surface area contributed by atoms with E-state index in [2.05, 4.69) is 6.92 Å². The van der Waals surface area contributed by atoms with Crippen LogP contribution < -0.4 is 4.74 Å². The number of carbonyl (C=O) groups excluding carboxylic acids is 1. The highest BCUT2D eigenvalue weighted by atomic mass is 16.5. The highest BCUT2D eigenvalue weighted by Crippen LogP contribution is 2.16. The fourth-order valence-electron chi connectivity index (χ4n) is 1.91. The predicted molar refractivity (Wildman–Crippen MR) is 81.4 cm³/mol. The molecule has 0 spiro atoms. The number of para-hydroxylation sites is 1. The number of hydrogen-bond acceptors (Lipinski definition) is 2. The van der Waals surface area contributed by atoms with Crippen molar-refractivity contribution >= 4 is 12.0 Å². The van der Waals surface area contributed by atoms with Crippen molar-refractivity contribution in [2.45, 2.75) is 19.8 Å². The van der Waals surface area contributed by atoms with Crippen LogP contribution in [-0.4, -0.2) is 5.97 Å². The van der Waals surface area contributed by atoms with Gasteiger partial charge >= 0.3 is 5.97 Å². The molecule has 0 aliphatic rings. The van der Waals surface area contributed by atoms with Crippen LogP contribution in [0.15, 0.2) is 66.2 Å². The number of benzene rings is 2. The third-order valence-electron chi connectivity index (χ3n) is 2.88. The first-order chi connectivity index (χ1) is 9.79. The third kappa shape index (κ3) is 4.09. The summed E-state index contributed by atoms with van der Waals surface area (Å²) in [5.41, 5.74) is 1.71. The van der Waals surface area contributed by atoms with E-state index in [1.54, 1.807) is 12.1 Å². The first-order valence-electron chi connectivity index (χ1n) is 6.82. The lowest BCUT2D eigenvalue weighted by Crippen LogP contribution is -2.11. The monoisotopic (exact) mass is 266 g/mol. The predicted octanol–water partition coefficient (Wildman–Crippen LogP) is 4.48. The Morgan fingerprint density at radius 2 is 1.60 bits per heavy atom. The van der Waals surface area contributed by atoms with Gasteiger partial charge in [-0.15, -0.1) is 0 Å². The van der Waals surface area contributed by atoms with Crippen LogP contribution in [-0.2, 0) is 4.79 Å². The molecule has 0 saturated carbocycles. The number of rotatable bonds is 5. The minimum absolute atomic E-state index is 0.276. The van der Waals surface area contributed by atoms with Gasteiger partial charge in [0, 0.05) is 5.57 Å². The smallest absolute Gasteiger partial charge is 0.339 e. The number of hydrogen-bond donors (Lipinski definition) is 0. The third-order valence-corrected chi connectivity index (χ3v) is 2.88. The molecule has 2 aromatic carbocycles. The van der Waals surface area contributed by atoms with E-state index in [-0.39, 0.29) is 5.97 Å². The van der Waals surface area contributed by atoms with Crippen LogP contribution in [0, 0.1) is 0 Å². The topological polar surface area (TPSA) is 26.3 Å². The fraction of sp³-hybridized carbons (Fsp3) is 0.167. The molecule has 0 radical (unpaired) electrons. The lowest BCUT2D eigenvalue weighted by atomic mass is 10.1. The van der Waals surface area contributed by atoms with E-state index in [0.717, 1.165) is 12.0 Å². The molecule has 0 aliphatic heterocycles. The molecular weight excluding hydrogens is 248 g/mol. The molecule has 20 heavy (non-hydrogen) atoms. The van der Waals surface area contributed by atoms with E-state index in [1.165, 1.54) is 0 Å². The molecule has 0 amide bonds. The van der Waals surface area contributed by atoms with E-state index >= 15 is 0 Å². The van der Waals surface area contributed by atoms with E-state index in [1.807, 2.05) is 54.6 Å². The first-order valence-corrected chi connectivity index (χ1v) is 6.82. The van der Waals surface area contributed by atoms with Gasteiger partial charge in [-0.05, 0) is 30.2 Å². The zero-order chi connectivity index (χ0) is 14.2. The molecule has 2 rings (SSSR count). The molecule has 0 bridgehead atoms. The maximum Gasteiger partial charge on any atom is 0.339 e. The maximum atomic E-state index is 12.2. The average Bonchev–Trinajstić information content (AvgIpc) is 2.49. The van der Waals surface area contributed by atoms with Crippen molar-refractivity contribution in [3.8, 4) is 5.75 Å². The molecule has 0 aromatic heterocycles. The maximum absolute atomic E-state index is 12.2. The van der Waals surface area contributed by atoms with Crippen molar-refractivity contribution in [2.24, 2.45) is 0 Å². The first kappa shape index (κ1) is 14.1. The Morgan fingerprint density at radius 3 is 2.20 bits per heavy atom. The molecule has 2 heteroatoms. The van der Waals surface area contributed by atoms with Crippen LogP contribution >= 0.6 is 0 Å². The Labute approximate surface area is 119 Å². The van der Waals surface area contributed by atoms with Crippen molar-refractivity contribution in [1.82, 2.24) is 0 Å². The second kappa shape index (κ2) is 7.29. The van der Waals surface area contributed by atoms with Gasteiger partial charge in [0.15, 0.2) is 0 Å². The van der Waals surface area contributed by atoms with Crippen molar-refractivity contribution in [3.63, 3.8) is 0 Å². The largest absolute Gasteiger partial charge is 0.423 e. The quantitative estimate of drug-likeness (QED) is 0.453. The van der Waals surface area contributed by atoms with Gasteiger partial charge in [-0.2, -0.15) is 0 Å². The zero-order valence-electron chi connectivity index (χ0n) is 11.6. The number of carbonyl (C=O) groups is 1. The Balaban J connectivity index is 2.16. The van der Waals surface area contributed by atoms with Gasteiger partial charge in [-0.1, -0.05) is 61.9 Å². The SMILES string of the molecule is CCCC(=Cc1ccccc1)C(=O)Oc1ccccc1. The summed E-state index contributed by atoms with van der Waals surface area (Å²) < 4.78 is 5.39. The summed E-state index contributed by atoms with van der Waals surface area (Å²) in [6.45, 7) is 2.05. The highest BCUT2D eigenvalue weighted by Gasteiger charge is 2.11. The Bertz CT molecular complexity index is 571. The van der Waals surface area contributed by atoms with Gasteiger partial charge in [0.05, 0.1) is 0 Å². The zero-order valence-corrected chi connectivity index (χ0v) is 11.6. The van der Waals surface area contributed by atoms with E-state index in [9.17, 15) is 4.79 Å². The Morgan fingerprint density at radius 1 is 1.00 bits per heavy atom. The van der Waals surface area contributed by atoms with Crippen LogP contribution in [0.3, 0.4) is 0 Å². The van der Waals surface area contributed by atoms with Gasteiger partial charge in [-0.25, -0.2) is 4.79 Å². The fourth-order valence-corrected chi connectivity index (χ4v) is 1.91. The molecule has 0 unspecified atom stereocenters. The van der Waals surface area contributed by atoms with Crippen LogP contribution in [0.2, 0.25) is 0 Å². The summed E-state index contributed by atoms with van der Waals surface area (Å²) in [6.07, 6.45) is 3.51.